The molecule has 0 saturated heterocycles. The molecule has 0 bridgehead atoms. The first-order valence-corrected chi connectivity index (χ1v) is 10.7. The van der Waals surface area contributed by atoms with Crippen LogP contribution in [0, 0.1) is 16.9 Å². The van der Waals surface area contributed by atoms with Gasteiger partial charge in [-0.2, -0.15) is 10.3 Å². The van der Waals surface area contributed by atoms with E-state index in [0.29, 0.717) is 17.7 Å². The van der Waals surface area contributed by atoms with Crippen molar-refractivity contribution >= 4 is 17.4 Å². The number of allylic oxidation sites excluding steroid dienone is 1. The van der Waals surface area contributed by atoms with Crippen LogP contribution >= 0.6 is 0 Å². The zero-order chi connectivity index (χ0) is 23.2. The number of nitrogens with two attached hydrogens (primary N) is 1. The van der Waals surface area contributed by atoms with Crippen LogP contribution in [0.4, 0.5) is 5.69 Å². The zero-order valence-corrected chi connectivity index (χ0v) is 18.9. The average molecular weight is 431 g/mol. The highest BCUT2D eigenvalue weighted by molar-refractivity contribution is 6.06. The molecular weight excluding hydrogens is 400 g/mol. The summed E-state index contributed by atoms with van der Waals surface area (Å²) in [5, 5.41) is 15.5. The van der Waals surface area contributed by atoms with Crippen LogP contribution in [-0.2, 0) is 0 Å². The third kappa shape index (κ3) is 5.40. The minimum atomic E-state index is -1.43. The Bertz CT molecular complexity index is 1050. The number of amides is 1. The van der Waals surface area contributed by atoms with Crippen molar-refractivity contribution in [2.24, 2.45) is 16.1 Å². The number of pyridine rings is 1. The van der Waals surface area contributed by atoms with Gasteiger partial charge in [0.1, 0.15) is 0 Å². The molecule has 0 aliphatic heterocycles. The lowest BCUT2D eigenvalue weighted by Crippen LogP contribution is -2.64. The summed E-state index contributed by atoms with van der Waals surface area (Å²) < 4.78 is 0. The summed E-state index contributed by atoms with van der Waals surface area (Å²) in [5.41, 5.74) is 8.95. The van der Waals surface area contributed by atoms with Gasteiger partial charge in [-0.15, -0.1) is 0 Å². The van der Waals surface area contributed by atoms with Crippen LogP contribution in [0.25, 0.3) is 0 Å². The number of hydrogen-bond donors (Lipinski definition) is 3. The summed E-state index contributed by atoms with van der Waals surface area (Å²) in [7, 11) is 0. The number of nitrogens with zero attached hydrogens (tertiary/aromatic N) is 3. The monoisotopic (exact) mass is 430 g/mol. The van der Waals surface area contributed by atoms with E-state index in [-0.39, 0.29) is 17.2 Å². The fourth-order valence-corrected chi connectivity index (χ4v) is 4.26. The molecule has 0 fully saturated rings. The smallest absolute Gasteiger partial charge is 0.253 e. The number of carbonyl (C=O) groups excluding carboxylic acids is 1. The first-order chi connectivity index (χ1) is 15.2. The van der Waals surface area contributed by atoms with Crippen molar-refractivity contribution in [1.82, 2.24) is 10.3 Å². The van der Waals surface area contributed by atoms with Crippen LogP contribution < -0.4 is 16.4 Å². The number of aromatic nitrogens is 1. The van der Waals surface area contributed by atoms with E-state index in [1.165, 1.54) is 11.1 Å². The third-order valence-electron chi connectivity index (χ3n) is 6.02. The maximum absolute atomic E-state index is 13.1. The summed E-state index contributed by atoms with van der Waals surface area (Å²) in [4.78, 5) is 21.2. The summed E-state index contributed by atoms with van der Waals surface area (Å²) in [6.07, 6.45) is 8.56. The van der Waals surface area contributed by atoms with E-state index in [1.807, 2.05) is 12.3 Å². The molecule has 7 heteroatoms. The number of nitrogens with one attached hydrogen (secondary N) is 2. The lowest BCUT2D eigenvalue weighted by atomic mass is 9.70. The molecule has 1 unspecified atom stereocenters. The van der Waals surface area contributed by atoms with Gasteiger partial charge in [0.15, 0.2) is 11.5 Å². The Labute approximate surface area is 189 Å². The van der Waals surface area contributed by atoms with Crippen LogP contribution in [0.15, 0.2) is 71.0 Å². The van der Waals surface area contributed by atoms with Gasteiger partial charge in [-0.25, -0.2) is 0 Å². The van der Waals surface area contributed by atoms with Crippen LogP contribution in [0.5, 0.6) is 0 Å². The van der Waals surface area contributed by atoms with Crippen LogP contribution in [0.2, 0.25) is 0 Å². The molecule has 1 atom stereocenters. The Balaban J connectivity index is 2.03. The van der Waals surface area contributed by atoms with Gasteiger partial charge in [0.25, 0.3) is 5.91 Å². The summed E-state index contributed by atoms with van der Waals surface area (Å²) in [5.74, 6) is -0.169. The predicted molar refractivity (Wildman–Crippen MR) is 127 cm³/mol. The van der Waals surface area contributed by atoms with Gasteiger partial charge in [-0.05, 0) is 55.9 Å². The van der Waals surface area contributed by atoms with E-state index < -0.39 is 5.66 Å². The topological polar surface area (TPSA) is 116 Å². The van der Waals surface area contributed by atoms with Crippen LogP contribution in [0.1, 0.15) is 56.8 Å². The second kappa shape index (κ2) is 9.75. The molecule has 1 heterocycles. The molecule has 0 saturated carbocycles. The van der Waals surface area contributed by atoms with E-state index in [2.05, 4.69) is 41.4 Å². The molecule has 0 radical (unpaired) electrons. The van der Waals surface area contributed by atoms with E-state index in [4.69, 9.17) is 5.73 Å². The fourth-order valence-electron chi connectivity index (χ4n) is 4.26. The number of carbonyl (C=O) groups is 1. The van der Waals surface area contributed by atoms with Gasteiger partial charge in [-0.1, -0.05) is 43.2 Å². The van der Waals surface area contributed by atoms with Crippen molar-refractivity contribution in [3.63, 3.8) is 0 Å². The van der Waals surface area contributed by atoms with Crippen molar-refractivity contribution in [2.75, 3.05) is 5.32 Å². The van der Waals surface area contributed by atoms with E-state index >= 15 is 0 Å². The molecule has 2 aromatic rings. The largest absolute Gasteiger partial charge is 0.339 e. The molecule has 1 aliphatic rings. The molecule has 166 valence electrons. The Hall–Kier alpha value is -3.50. The Morgan fingerprint density at radius 1 is 1.28 bits per heavy atom. The number of rotatable bonds is 6. The molecule has 1 aromatic heterocycles. The van der Waals surface area contributed by atoms with Gasteiger partial charge >= 0.3 is 0 Å². The molecule has 3 rings (SSSR count). The maximum Gasteiger partial charge on any atom is 0.253 e. The Kier molecular flexibility index (Phi) is 7.06. The molecule has 1 amide bonds. The first kappa shape index (κ1) is 23.2. The number of aliphatic imine (C=N–C) groups is 1. The Morgan fingerprint density at radius 3 is 2.66 bits per heavy atom. The van der Waals surface area contributed by atoms with E-state index in [9.17, 15) is 10.1 Å². The normalized spacial score (nSPS) is 17.8. The number of hydrogen-bond acceptors (Lipinski definition) is 5. The molecule has 7 nitrogen and oxygen atoms in total. The molecular formula is C25H30N6O. The molecule has 1 aromatic carbocycles. The molecule has 4 N–H and O–H groups in total. The number of benzene rings is 1. The second-order valence-corrected chi connectivity index (χ2v) is 8.89. The van der Waals surface area contributed by atoms with E-state index in [1.54, 1.807) is 48.8 Å². The highest BCUT2D eigenvalue weighted by Crippen LogP contribution is 2.43. The van der Waals surface area contributed by atoms with Gasteiger partial charge in [0, 0.05) is 18.2 Å². The number of nitriles is 1. The predicted octanol–water partition coefficient (Wildman–Crippen LogP) is 4.37. The van der Waals surface area contributed by atoms with Crippen molar-refractivity contribution < 1.29 is 4.79 Å². The quantitative estimate of drug-likeness (QED) is 0.207. The minimum absolute atomic E-state index is 0.0729. The van der Waals surface area contributed by atoms with Gasteiger partial charge in [-0.3, -0.25) is 9.78 Å². The highest BCUT2D eigenvalue weighted by atomic mass is 16.2. The third-order valence-corrected chi connectivity index (χ3v) is 6.02. The SMILES string of the molecule is CC1=C(CC(N)(NC(=O)c2ccccc2)C(=NC#N)Nc2cccnc2)C(C)(C)CCC1. The Morgan fingerprint density at radius 2 is 2.03 bits per heavy atom. The zero-order valence-electron chi connectivity index (χ0n) is 18.9. The van der Waals surface area contributed by atoms with Gasteiger partial charge < -0.3 is 16.4 Å². The standard InChI is InChI=1S/C25H30N6O/c1-18-9-7-13-24(2,3)21(18)15-25(27,31-22(32)19-10-5-4-6-11-19)23(29-17-26)30-20-12-8-14-28-16-20/h4-6,8,10-12,14,16H,7,9,13,15,27H2,1-3H3,(H,29,30)(H,31,32). The van der Waals surface area contributed by atoms with Crippen molar-refractivity contribution in [3.05, 3.63) is 71.6 Å². The van der Waals surface area contributed by atoms with Gasteiger partial charge in [0.05, 0.1) is 11.9 Å². The lowest BCUT2D eigenvalue weighted by Gasteiger charge is -2.40. The summed E-state index contributed by atoms with van der Waals surface area (Å²) in [6.45, 7) is 6.51. The van der Waals surface area contributed by atoms with Crippen molar-refractivity contribution in [1.29, 1.82) is 5.26 Å². The average Bonchev–Trinajstić information content (AvgIpc) is 2.77. The highest BCUT2D eigenvalue weighted by Gasteiger charge is 2.40. The van der Waals surface area contributed by atoms with Crippen molar-refractivity contribution in [2.45, 2.75) is 52.1 Å². The van der Waals surface area contributed by atoms with Crippen LogP contribution in [-0.4, -0.2) is 22.4 Å². The number of amidine groups is 1. The molecule has 32 heavy (non-hydrogen) atoms. The van der Waals surface area contributed by atoms with Gasteiger partial charge in [0.2, 0.25) is 6.19 Å². The lowest BCUT2D eigenvalue weighted by molar-refractivity contribution is 0.0921. The second-order valence-electron chi connectivity index (χ2n) is 8.89. The van der Waals surface area contributed by atoms with E-state index in [0.717, 1.165) is 19.3 Å². The number of anilines is 1. The van der Waals surface area contributed by atoms with Crippen LogP contribution in [0.3, 0.4) is 0 Å². The minimum Gasteiger partial charge on any atom is -0.339 e. The maximum atomic E-state index is 13.1. The fraction of sp³-hybridized carbons (Fsp3) is 0.360. The molecule has 0 spiro atoms. The van der Waals surface area contributed by atoms with Crippen molar-refractivity contribution in [3.8, 4) is 6.19 Å². The molecule has 1 aliphatic carbocycles. The summed E-state index contributed by atoms with van der Waals surface area (Å²) >= 11 is 0. The first-order valence-electron chi connectivity index (χ1n) is 10.7. The summed E-state index contributed by atoms with van der Waals surface area (Å²) in [6, 6.07) is 12.4.